The van der Waals surface area contributed by atoms with Crippen LogP contribution in [0.5, 0.6) is 0 Å². The first-order chi connectivity index (χ1) is 9.72. The fourth-order valence-electron chi connectivity index (χ4n) is 1.92. The van der Waals surface area contributed by atoms with E-state index in [1.807, 2.05) is 19.1 Å². The number of amides is 1. The van der Waals surface area contributed by atoms with Gasteiger partial charge in [0.25, 0.3) is 5.91 Å². The molecule has 20 heavy (non-hydrogen) atoms. The Hall–Kier alpha value is -2.21. The summed E-state index contributed by atoms with van der Waals surface area (Å²) in [4.78, 5) is 15.9. The van der Waals surface area contributed by atoms with Crippen molar-refractivity contribution in [3.8, 4) is 5.69 Å². The lowest BCUT2D eigenvalue weighted by atomic mass is 10.1. The average Bonchev–Trinajstić information content (AvgIpc) is 2.97. The van der Waals surface area contributed by atoms with Gasteiger partial charge in [-0.15, -0.1) is 0 Å². The highest BCUT2D eigenvalue weighted by Crippen LogP contribution is 2.13. The van der Waals surface area contributed by atoms with Gasteiger partial charge in [-0.25, -0.2) is 9.67 Å². The summed E-state index contributed by atoms with van der Waals surface area (Å²) in [7, 11) is 0. The number of nitrogens with zero attached hydrogens (tertiary/aromatic N) is 3. The number of aliphatic hydroxyl groups excluding tert-OH is 1. The summed E-state index contributed by atoms with van der Waals surface area (Å²) >= 11 is 0. The zero-order chi connectivity index (χ0) is 14.4. The second-order valence-electron chi connectivity index (χ2n) is 4.53. The van der Waals surface area contributed by atoms with Crippen LogP contribution in [0.1, 0.15) is 28.8 Å². The van der Waals surface area contributed by atoms with Crippen LogP contribution < -0.4 is 5.32 Å². The summed E-state index contributed by atoms with van der Waals surface area (Å²) in [6.45, 7) is 2.62. The molecule has 106 valence electrons. The highest BCUT2D eigenvalue weighted by atomic mass is 16.2. The maximum Gasteiger partial charge on any atom is 0.251 e. The Balaban J connectivity index is 2.04. The molecule has 2 aromatic rings. The molecule has 1 heterocycles. The van der Waals surface area contributed by atoms with Crippen LogP contribution in [0.3, 0.4) is 0 Å². The van der Waals surface area contributed by atoms with Gasteiger partial charge in [-0.2, -0.15) is 5.10 Å². The first-order valence-electron chi connectivity index (χ1n) is 6.57. The van der Waals surface area contributed by atoms with Crippen LogP contribution in [0.2, 0.25) is 0 Å². The summed E-state index contributed by atoms with van der Waals surface area (Å²) in [5, 5.41) is 15.6. The van der Waals surface area contributed by atoms with E-state index in [1.54, 1.807) is 17.1 Å². The Morgan fingerprint density at radius 2 is 2.25 bits per heavy atom. The Morgan fingerprint density at radius 3 is 2.90 bits per heavy atom. The van der Waals surface area contributed by atoms with Crippen molar-refractivity contribution in [3.63, 3.8) is 0 Å². The van der Waals surface area contributed by atoms with Crippen LogP contribution in [0.4, 0.5) is 0 Å². The van der Waals surface area contributed by atoms with E-state index in [0.29, 0.717) is 18.5 Å². The monoisotopic (exact) mass is 274 g/mol. The molecule has 1 amide bonds. The van der Waals surface area contributed by atoms with Gasteiger partial charge in [-0.3, -0.25) is 4.79 Å². The fraction of sp³-hybridized carbons (Fsp3) is 0.357. The highest BCUT2D eigenvalue weighted by Gasteiger charge is 2.09. The minimum absolute atomic E-state index is 0.0921. The fourth-order valence-corrected chi connectivity index (χ4v) is 1.92. The number of rotatable bonds is 6. The van der Waals surface area contributed by atoms with Gasteiger partial charge in [-0.05, 0) is 43.5 Å². The van der Waals surface area contributed by atoms with E-state index in [0.717, 1.165) is 17.7 Å². The van der Waals surface area contributed by atoms with E-state index in [9.17, 15) is 4.79 Å². The third kappa shape index (κ3) is 3.42. The standard InChI is InChI=1S/C14H18N4O2/c1-11-8-12(18-10-15-9-17-18)4-5-13(11)14(20)16-6-2-3-7-19/h4-5,8-10,19H,2-3,6-7H2,1H3,(H,16,20). The second-order valence-corrected chi connectivity index (χ2v) is 4.53. The number of aryl methyl sites for hydroxylation is 1. The van der Waals surface area contributed by atoms with Gasteiger partial charge in [0, 0.05) is 18.7 Å². The van der Waals surface area contributed by atoms with Crippen LogP contribution in [0.25, 0.3) is 5.69 Å². The Morgan fingerprint density at radius 1 is 1.40 bits per heavy atom. The molecule has 0 aliphatic rings. The minimum Gasteiger partial charge on any atom is -0.396 e. The van der Waals surface area contributed by atoms with E-state index in [-0.39, 0.29) is 12.5 Å². The number of benzene rings is 1. The van der Waals surface area contributed by atoms with Crippen LogP contribution in [0.15, 0.2) is 30.9 Å². The largest absolute Gasteiger partial charge is 0.396 e. The molecule has 6 nitrogen and oxygen atoms in total. The van der Waals surface area contributed by atoms with E-state index >= 15 is 0 Å². The van der Waals surface area contributed by atoms with Gasteiger partial charge in [0.15, 0.2) is 0 Å². The van der Waals surface area contributed by atoms with Crippen LogP contribution >= 0.6 is 0 Å². The molecule has 0 aliphatic carbocycles. The number of hydrogen-bond donors (Lipinski definition) is 2. The third-order valence-electron chi connectivity index (χ3n) is 3.01. The van der Waals surface area contributed by atoms with Gasteiger partial charge in [-0.1, -0.05) is 0 Å². The smallest absolute Gasteiger partial charge is 0.251 e. The Kier molecular flexibility index (Phi) is 4.84. The van der Waals surface area contributed by atoms with Crippen molar-refractivity contribution in [1.29, 1.82) is 0 Å². The predicted octanol–water partition coefficient (Wildman–Crippen LogP) is 1.08. The Labute approximate surface area is 117 Å². The molecule has 0 fully saturated rings. The van der Waals surface area contributed by atoms with Crippen LogP contribution in [-0.4, -0.2) is 38.9 Å². The Bertz CT molecular complexity index is 567. The molecule has 0 saturated heterocycles. The molecule has 0 aliphatic heterocycles. The normalized spacial score (nSPS) is 10.5. The van der Waals surface area contributed by atoms with E-state index < -0.39 is 0 Å². The lowest BCUT2D eigenvalue weighted by molar-refractivity contribution is 0.0951. The SMILES string of the molecule is Cc1cc(-n2cncn2)ccc1C(=O)NCCCCO. The van der Waals surface area contributed by atoms with Crippen LogP contribution in [0, 0.1) is 6.92 Å². The van der Waals surface area contributed by atoms with Gasteiger partial charge >= 0.3 is 0 Å². The molecule has 0 atom stereocenters. The van der Waals surface area contributed by atoms with Gasteiger partial charge in [0.1, 0.15) is 12.7 Å². The zero-order valence-electron chi connectivity index (χ0n) is 11.4. The zero-order valence-corrected chi connectivity index (χ0v) is 11.4. The molecule has 2 rings (SSSR count). The quantitative estimate of drug-likeness (QED) is 0.772. The second kappa shape index (κ2) is 6.81. The molecule has 0 bridgehead atoms. The minimum atomic E-state index is -0.0921. The van der Waals surface area contributed by atoms with E-state index in [1.165, 1.54) is 6.33 Å². The summed E-state index contributed by atoms with van der Waals surface area (Å²) < 4.78 is 1.65. The topological polar surface area (TPSA) is 80.0 Å². The molecule has 0 saturated carbocycles. The van der Waals surface area contributed by atoms with Crippen molar-refractivity contribution in [1.82, 2.24) is 20.1 Å². The molecule has 0 unspecified atom stereocenters. The molecule has 2 N–H and O–H groups in total. The number of aromatic nitrogens is 3. The molecule has 0 spiro atoms. The number of carbonyl (C=O) groups excluding carboxylic acids is 1. The summed E-state index contributed by atoms with van der Waals surface area (Å²) in [5.41, 5.74) is 2.41. The number of aliphatic hydroxyl groups is 1. The molecule has 6 heteroatoms. The van der Waals surface area contributed by atoms with Crippen molar-refractivity contribution in [2.75, 3.05) is 13.2 Å². The molecule has 1 aromatic carbocycles. The number of unbranched alkanes of at least 4 members (excludes halogenated alkanes) is 1. The molecular formula is C14H18N4O2. The molecule has 1 aromatic heterocycles. The first-order valence-corrected chi connectivity index (χ1v) is 6.57. The van der Waals surface area contributed by atoms with Gasteiger partial charge in [0.05, 0.1) is 5.69 Å². The van der Waals surface area contributed by atoms with Crippen LogP contribution in [-0.2, 0) is 0 Å². The maximum absolute atomic E-state index is 12.0. The number of nitrogens with one attached hydrogen (secondary N) is 1. The summed E-state index contributed by atoms with van der Waals surface area (Å²) in [6, 6.07) is 5.52. The lowest BCUT2D eigenvalue weighted by Crippen LogP contribution is -2.25. The van der Waals surface area contributed by atoms with Crippen molar-refractivity contribution in [2.45, 2.75) is 19.8 Å². The van der Waals surface area contributed by atoms with Crippen molar-refractivity contribution < 1.29 is 9.90 Å². The third-order valence-corrected chi connectivity index (χ3v) is 3.01. The maximum atomic E-state index is 12.0. The average molecular weight is 274 g/mol. The molecular weight excluding hydrogens is 256 g/mol. The number of hydrogen-bond acceptors (Lipinski definition) is 4. The molecule has 0 radical (unpaired) electrons. The predicted molar refractivity (Wildman–Crippen MR) is 74.7 cm³/mol. The van der Waals surface area contributed by atoms with E-state index in [2.05, 4.69) is 15.4 Å². The van der Waals surface area contributed by atoms with Crippen molar-refractivity contribution >= 4 is 5.91 Å². The highest BCUT2D eigenvalue weighted by molar-refractivity contribution is 5.95. The summed E-state index contributed by atoms with van der Waals surface area (Å²) in [6.07, 6.45) is 4.56. The van der Waals surface area contributed by atoms with E-state index in [4.69, 9.17) is 5.11 Å². The number of carbonyl (C=O) groups is 1. The summed E-state index contributed by atoms with van der Waals surface area (Å²) in [5.74, 6) is -0.0921. The van der Waals surface area contributed by atoms with Crippen molar-refractivity contribution in [3.05, 3.63) is 42.0 Å². The van der Waals surface area contributed by atoms with Crippen molar-refractivity contribution in [2.24, 2.45) is 0 Å². The first kappa shape index (κ1) is 14.2. The van der Waals surface area contributed by atoms with Gasteiger partial charge in [0.2, 0.25) is 0 Å². The van der Waals surface area contributed by atoms with Gasteiger partial charge < -0.3 is 10.4 Å². The lowest BCUT2D eigenvalue weighted by Gasteiger charge is -2.09.